The Kier molecular flexibility index (Phi) is 15.8. The summed E-state index contributed by atoms with van der Waals surface area (Å²) in [5.41, 5.74) is 13.7. The highest BCUT2D eigenvalue weighted by molar-refractivity contribution is 5.97. The van der Waals surface area contributed by atoms with Crippen LogP contribution < -0.4 is 21.7 Å². The number of carboxylic acids is 1. The van der Waals surface area contributed by atoms with E-state index in [0.717, 1.165) is 27.7 Å². The fourth-order valence-corrected chi connectivity index (χ4v) is 8.24. The van der Waals surface area contributed by atoms with Gasteiger partial charge in [0, 0.05) is 78.3 Å². The maximum Gasteiger partial charge on any atom is 0.490 e. The van der Waals surface area contributed by atoms with Gasteiger partial charge in [-0.15, -0.1) is 0 Å². The summed E-state index contributed by atoms with van der Waals surface area (Å²) >= 11 is 0. The highest BCUT2D eigenvalue weighted by atomic mass is 19.4. The highest BCUT2D eigenvalue weighted by Crippen LogP contribution is 2.29. The lowest BCUT2D eigenvalue weighted by atomic mass is 10.1. The third-order valence-electron chi connectivity index (χ3n) is 12.1. The third kappa shape index (κ3) is 11.6. The van der Waals surface area contributed by atoms with Crippen molar-refractivity contribution in [1.29, 1.82) is 0 Å². The molecule has 0 radical (unpaired) electrons. The van der Waals surface area contributed by atoms with Crippen molar-refractivity contribution < 1.29 is 51.0 Å². The molecular weight excluding hydrogens is 924 g/mol. The summed E-state index contributed by atoms with van der Waals surface area (Å²) in [5.74, 6) is -6.25. The van der Waals surface area contributed by atoms with Crippen LogP contribution in [0.15, 0.2) is 69.7 Å². The molecule has 23 heteroatoms. The van der Waals surface area contributed by atoms with Gasteiger partial charge >= 0.3 is 12.1 Å². The van der Waals surface area contributed by atoms with Crippen LogP contribution in [0.5, 0.6) is 5.75 Å². The summed E-state index contributed by atoms with van der Waals surface area (Å²) in [4.78, 5) is 60.4. The molecule has 3 N–H and O–H groups in total. The van der Waals surface area contributed by atoms with Gasteiger partial charge in [0.1, 0.15) is 22.7 Å². The maximum atomic E-state index is 14.0. The molecule has 0 aliphatic carbocycles. The number of likely N-dealkylation sites (tertiary alicyclic amines) is 1. The molecule has 2 aromatic carbocycles. The largest absolute Gasteiger partial charge is 0.491 e. The van der Waals surface area contributed by atoms with Gasteiger partial charge in [-0.05, 0) is 90.4 Å². The molecular formula is C47H57F5N12O6. The zero-order valence-electron chi connectivity index (χ0n) is 40.3. The number of nitrogens with two attached hydrogens (primary N) is 1. The molecule has 0 bridgehead atoms. The quantitative estimate of drug-likeness (QED) is 0.0737. The van der Waals surface area contributed by atoms with E-state index in [2.05, 4.69) is 15.2 Å². The Labute approximate surface area is 398 Å². The standard InChI is InChI=1S/C45H56F2N12O4.C2HF3O2/c1-9-58-36(23-30(5)51-58)41(61)49-43-54(8)35-25-32(40(48)60)15-16-33(35)56(43)26-28(3)29(4)27-57-39-34(53(7)44(57)50-42(62)37-24-31(6)52-59(37)10-2)13-11-14-38(39)63-22-12-19-55-20-17-45(46,47)18-21-55;3-2(4,5)1(6)7/h11,13-16,23-25H,9-10,12,17-22,26-27H2,1-8H3,(H2,48,60);(H,6,7)/b29-28+,49-43?,50-44?;. The first-order chi connectivity index (χ1) is 32.9. The highest BCUT2D eigenvalue weighted by Gasteiger charge is 2.38. The molecule has 1 aliphatic rings. The number of piperidine rings is 1. The number of imidazole rings is 2. The number of hydrogen-bond acceptors (Lipinski definition) is 8. The number of amides is 3. The van der Waals surface area contributed by atoms with Crippen LogP contribution in [0.1, 0.15) is 89.7 Å². The number of aryl methyl sites for hydroxylation is 6. The fourth-order valence-electron chi connectivity index (χ4n) is 8.24. The summed E-state index contributed by atoms with van der Waals surface area (Å²) in [6.45, 7) is 14.8. The van der Waals surface area contributed by atoms with Gasteiger partial charge in [0.2, 0.25) is 17.1 Å². The number of carboxylic acid groups (broad SMARTS) is 1. The van der Waals surface area contributed by atoms with Crippen LogP contribution in [0.2, 0.25) is 0 Å². The molecule has 376 valence electrons. The molecule has 7 rings (SSSR count). The second-order valence-corrected chi connectivity index (χ2v) is 17.2. The number of nitrogens with zero attached hydrogens (tertiary/aromatic N) is 11. The van der Waals surface area contributed by atoms with E-state index in [4.69, 9.17) is 25.4 Å². The lowest BCUT2D eigenvalue weighted by molar-refractivity contribution is -0.192. The minimum atomic E-state index is -5.08. The second kappa shape index (κ2) is 21.2. The Morgan fingerprint density at radius 2 is 1.30 bits per heavy atom. The molecule has 6 aromatic rings. The monoisotopic (exact) mass is 980 g/mol. The first-order valence-electron chi connectivity index (χ1n) is 22.6. The van der Waals surface area contributed by atoms with Gasteiger partial charge in [-0.3, -0.25) is 23.7 Å². The van der Waals surface area contributed by atoms with Crippen molar-refractivity contribution in [2.45, 2.75) is 99.1 Å². The number of hydrogen-bond donors (Lipinski definition) is 2. The zero-order chi connectivity index (χ0) is 51.4. The van der Waals surface area contributed by atoms with Gasteiger partial charge in [0.15, 0.2) is 0 Å². The van der Waals surface area contributed by atoms with Crippen LogP contribution in [0, 0.1) is 13.8 Å². The van der Waals surface area contributed by atoms with E-state index < -0.39 is 35.8 Å². The number of halogens is 5. The van der Waals surface area contributed by atoms with E-state index in [0.29, 0.717) is 110 Å². The van der Waals surface area contributed by atoms with Crippen LogP contribution >= 0.6 is 0 Å². The molecule has 18 nitrogen and oxygen atoms in total. The van der Waals surface area contributed by atoms with Crippen molar-refractivity contribution in [3.63, 3.8) is 0 Å². The third-order valence-corrected chi connectivity index (χ3v) is 12.1. The van der Waals surface area contributed by atoms with Gasteiger partial charge in [-0.2, -0.15) is 33.4 Å². The average Bonchev–Trinajstić information content (AvgIpc) is 4.03. The lowest BCUT2D eigenvalue weighted by Crippen LogP contribution is -2.40. The van der Waals surface area contributed by atoms with Crippen molar-refractivity contribution in [3.8, 4) is 5.75 Å². The molecule has 0 unspecified atom stereocenters. The number of benzene rings is 2. The van der Waals surface area contributed by atoms with Crippen molar-refractivity contribution in [3.05, 3.63) is 99.3 Å². The molecule has 70 heavy (non-hydrogen) atoms. The number of aromatic nitrogens is 8. The molecule has 0 atom stereocenters. The maximum absolute atomic E-state index is 14.0. The van der Waals surface area contributed by atoms with Gasteiger partial charge < -0.3 is 38.7 Å². The number of carbonyl (C=O) groups excluding carboxylic acids is 3. The average molecular weight is 981 g/mol. The van der Waals surface area contributed by atoms with Crippen molar-refractivity contribution in [1.82, 2.24) is 42.7 Å². The van der Waals surface area contributed by atoms with E-state index in [1.165, 1.54) is 0 Å². The van der Waals surface area contributed by atoms with E-state index >= 15 is 0 Å². The minimum Gasteiger partial charge on any atom is -0.491 e. The van der Waals surface area contributed by atoms with Gasteiger partial charge in [0.25, 0.3) is 17.7 Å². The van der Waals surface area contributed by atoms with Crippen LogP contribution in [-0.4, -0.2) is 110 Å². The Hall–Kier alpha value is -7.17. The van der Waals surface area contributed by atoms with E-state index in [9.17, 15) is 36.3 Å². The molecule has 4 aromatic heterocycles. The lowest BCUT2D eigenvalue weighted by Gasteiger charge is -2.31. The summed E-state index contributed by atoms with van der Waals surface area (Å²) in [7, 11) is 3.65. The summed E-state index contributed by atoms with van der Waals surface area (Å²) < 4.78 is 76.6. The van der Waals surface area contributed by atoms with Crippen molar-refractivity contribution >= 4 is 45.8 Å². The van der Waals surface area contributed by atoms with Crippen LogP contribution in [-0.2, 0) is 45.1 Å². The number of alkyl halides is 5. The number of ether oxygens (including phenoxy) is 1. The number of carbonyl (C=O) groups is 4. The SMILES string of the molecule is CCn1nc(C)cc1C(=O)N=c1n(C)c2cc(C(N)=O)ccc2n1C/C(C)=C(\C)Cn1c(=NC(=O)c2cc(C)nn2CC)n(C)c2cccc(OCCCN3CCC(F)(F)CC3)c21.O=C(O)C(F)(F)F. The number of aliphatic carboxylic acids is 1. The molecule has 1 aliphatic heterocycles. The number of fused-ring (bicyclic) bond motifs is 2. The van der Waals surface area contributed by atoms with E-state index in [-0.39, 0.29) is 12.8 Å². The summed E-state index contributed by atoms with van der Waals surface area (Å²) in [6, 6.07) is 14.3. The van der Waals surface area contributed by atoms with Crippen LogP contribution in [0.25, 0.3) is 22.1 Å². The summed E-state index contributed by atoms with van der Waals surface area (Å²) in [5, 5.41) is 16.0. The number of allylic oxidation sites excluding steroid dienone is 2. The Bertz CT molecular complexity index is 3140. The van der Waals surface area contributed by atoms with E-state index in [1.54, 1.807) is 51.3 Å². The van der Waals surface area contributed by atoms with Crippen LogP contribution in [0.3, 0.4) is 0 Å². The molecule has 1 saturated heterocycles. The molecule has 5 heterocycles. The molecule has 3 amide bonds. The normalized spacial score (nSPS) is 15.0. The number of para-hydroxylation sites is 1. The van der Waals surface area contributed by atoms with Crippen molar-refractivity contribution in [2.24, 2.45) is 29.8 Å². The predicted octanol–water partition coefficient (Wildman–Crippen LogP) is 6.07. The molecule has 0 spiro atoms. The Morgan fingerprint density at radius 3 is 1.81 bits per heavy atom. The Balaban J connectivity index is 0.00000107. The first-order valence-corrected chi connectivity index (χ1v) is 22.6. The Morgan fingerprint density at radius 1 is 0.786 bits per heavy atom. The topological polar surface area (TPSA) is 207 Å². The van der Waals surface area contributed by atoms with Gasteiger partial charge in [0.05, 0.1) is 34.5 Å². The zero-order valence-corrected chi connectivity index (χ0v) is 40.3. The van der Waals surface area contributed by atoms with Crippen LogP contribution in [0.4, 0.5) is 22.0 Å². The summed E-state index contributed by atoms with van der Waals surface area (Å²) in [6.07, 6.45) is -4.72. The number of rotatable bonds is 14. The molecule has 0 saturated carbocycles. The predicted molar refractivity (Wildman–Crippen MR) is 248 cm³/mol. The second-order valence-electron chi connectivity index (χ2n) is 17.2. The number of primary amides is 1. The van der Waals surface area contributed by atoms with Gasteiger partial charge in [-0.1, -0.05) is 17.2 Å². The smallest absolute Gasteiger partial charge is 0.490 e. The fraction of sp³-hybridized carbons (Fsp3) is 0.447. The van der Waals surface area contributed by atoms with E-state index in [1.807, 2.05) is 85.4 Å². The minimum absolute atomic E-state index is 0.137. The first kappa shape index (κ1) is 52.2. The molecule has 1 fully saturated rings. The van der Waals surface area contributed by atoms with Crippen molar-refractivity contribution in [2.75, 3.05) is 26.2 Å². The van der Waals surface area contributed by atoms with Gasteiger partial charge in [-0.25, -0.2) is 13.6 Å².